The summed E-state index contributed by atoms with van der Waals surface area (Å²) < 4.78 is 0.521. The number of aromatic nitrogens is 2. The largest absolute Gasteiger partial charge is 0.546 e. The number of rotatable bonds is 4. The van der Waals surface area contributed by atoms with Gasteiger partial charge in [-0.15, -0.1) is 0 Å². The van der Waals surface area contributed by atoms with Crippen LogP contribution in [0.4, 0.5) is 11.6 Å². The monoisotopic (exact) mass is 215 g/mol. The van der Waals surface area contributed by atoms with Crippen molar-refractivity contribution in [2.75, 3.05) is 0 Å². The fraction of sp³-hybridized carbons (Fsp3) is 0.200. The van der Waals surface area contributed by atoms with Gasteiger partial charge >= 0.3 is 11.6 Å². The molecule has 0 saturated heterocycles. The molecule has 0 aliphatic rings. The smallest absolute Gasteiger partial charge is 0.462 e. The second-order valence-corrected chi connectivity index (χ2v) is 2.41. The summed E-state index contributed by atoms with van der Waals surface area (Å²) >= 11 is 0. The number of hydrogen-bond donors (Lipinski definition) is 0. The third-order valence-corrected chi connectivity index (χ3v) is 1.44. The van der Waals surface area contributed by atoms with Crippen LogP contribution in [0.2, 0.25) is 0 Å². The van der Waals surface area contributed by atoms with Crippen molar-refractivity contribution >= 4 is 17.6 Å². The Hall–Kier alpha value is -2.52. The molecule has 10 heteroatoms. The Morgan fingerprint density at radius 1 is 1.40 bits per heavy atom. The molecule has 0 bridgehead atoms. The number of imidazole rings is 1. The van der Waals surface area contributed by atoms with Crippen molar-refractivity contribution in [3.8, 4) is 0 Å². The van der Waals surface area contributed by atoms with E-state index in [-0.39, 0.29) is 0 Å². The van der Waals surface area contributed by atoms with Gasteiger partial charge in [0.1, 0.15) is 6.54 Å². The summed E-state index contributed by atoms with van der Waals surface area (Å²) in [4.78, 5) is 31.9. The van der Waals surface area contributed by atoms with Gasteiger partial charge in [-0.2, -0.15) is 4.57 Å². The Labute approximate surface area is 81.1 Å². The maximum atomic E-state index is 10.4. The molecule has 1 heterocycles. The number of aliphatic carboxylic acids is 1. The van der Waals surface area contributed by atoms with E-state index in [2.05, 4.69) is 4.98 Å². The zero-order valence-corrected chi connectivity index (χ0v) is 7.02. The van der Waals surface area contributed by atoms with Gasteiger partial charge in [0, 0.05) is 4.98 Å². The number of carboxylic acid groups (broad SMARTS) is 1. The highest BCUT2D eigenvalue weighted by atomic mass is 16.6. The lowest BCUT2D eigenvalue weighted by Crippen LogP contribution is -2.27. The number of nitrogens with zero attached hydrogens (tertiary/aromatic N) is 4. The van der Waals surface area contributed by atoms with Gasteiger partial charge in [-0.25, -0.2) is 0 Å². The maximum absolute atomic E-state index is 10.4. The van der Waals surface area contributed by atoms with Gasteiger partial charge < -0.3 is 30.1 Å². The molecule has 0 radical (unpaired) electrons. The van der Waals surface area contributed by atoms with Gasteiger partial charge in [0.2, 0.25) is 0 Å². The molecule has 0 aromatic carbocycles. The van der Waals surface area contributed by atoms with Crippen LogP contribution in [0, 0.1) is 20.2 Å². The summed E-state index contributed by atoms with van der Waals surface area (Å²) in [6.07, 6.45) is 0.700. The minimum Gasteiger partial charge on any atom is -0.546 e. The molecule has 0 N–H and O–H groups in total. The molecule has 0 amide bonds. The lowest BCUT2D eigenvalue weighted by Gasteiger charge is -1.99. The first-order valence-electron chi connectivity index (χ1n) is 3.47. The fourth-order valence-corrected chi connectivity index (χ4v) is 0.935. The minimum absolute atomic E-state index is 0.521. The van der Waals surface area contributed by atoms with Crippen LogP contribution in [-0.2, 0) is 11.3 Å². The highest BCUT2D eigenvalue weighted by Gasteiger charge is 2.31. The fourth-order valence-electron chi connectivity index (χ4n) is 0.935. The van der Waals surface area contributed by atoms with Gasteiger partial charge in [0.15, 0.2) is 0 Å². The van der Waals surface area contributed by atoms with Crippen LogP contribution in [0.3, 0.4) is 0 Å². The molecule has 10 nitrogen and oxygen atoms in total. The molecule has 0 unspecified atom stereocenters. The molecule has 0 saturated carbocycles. The van der Waals surface area contributed by atoms with Crippen LogP contribution in [0.5, 0.6) is 0 Å². The zero-order valence-electron chi connectivity index (χ0n) is 7.02. The lowest BCUT2D eigenvalue weighted by atomic mass is 10.6. The van der Waals surface area contributed by atoms with Crippen LogP contribution in [0.15, 0.2) is 6.33 Å². The normalized spacial score (nSPS) is 9.87. The van der Waals surface area contributed by atoms with Crippen LogP contribution in [0.1, 0.15) is 0 Å². The number of carbonyl (C=O) groups excluding carboxylic acids is 1. The number of carbonyl (C=O) groups is 1. The topological polar surface area (TPSA) is 144 Å². The van der Waals surface area contributed by atoms with Crippen molar-refractivity contribution in [3.63, 3.8) is 0 Å². The molecule has 1 aromatic heterocycles. The van der Waals surface area contributed by atoms with Gasteiger partial charge in [-0.1, -0.05) is 0 Å². The average molecular weight is 215 g/mol. The van der Waals surface area contributed by atoms with Gasteiger partial charge in [0.25, 0.3) is 6.33 Å². The minimum atomic E-state index is -1.61. The Morgan fingerprint density at radius 3 is 2.40 bits per heavy atom. The van der Waals surface area contributed by atoms with Crippen LogP contribution >= 0.6 is 0 Å². The van der Waals surface area contributed by atoms with E-state index < -0.39 is 34.0 Å². The third kappa shape index (κ3) is 2.04. The summed E-state index contributed by atoms with van der Waals surface area (Å²) in [6.45, 7) is -0.864. The van der Waals surface area contributed by atoms with Crippen molar-refractivity contribution < 1.29 is 19.7 Å². The van der Waals surface area contributed by atoms with E-state index in [4.69, 9.17) is 0 Å². The molecule has 0 fully saturated rings. The van der Waals surface area contributed by atoms with Crippen molar-refractivity contribution in [1.82, 2.24) is 9.55 Å². The van der Waals surface area contributed by atoms with E-state index in [0.717, 1.165) is 0 Å². The summed E-state index contributed by atoms with van der Waals surface area (Å²) in [5, 5.41) is 30.9. The summed E-state index contributed by atoms with van der Waals surface area (Å²) in [6, 6.07) is 0. The first-order chi connectivity index (χ1) is 6.93. The van der Waals surface area contributed by atoms with E-state index in [1.54, 1.807) is 0 Å². The predicted molar refractivity (Wildman–Crippen MR) is 40.5 cm³/mol. The van der Waals surface area contributed by atoms with Crippen molar-refractivity contribution in [2.24, 2.45) is 0 Å². The van der Waals surface area contributed by atoms with Crippen molar-refractivity contribution in [3.05, 3.63) is 26.6 Å². The molecule has 0 spiro atoms. The average Bonchev–Trinajstić information content (AvgIpc) is 2.46. The van der Waals surface area contributed by atoms with Gasteiger partial charge in [0.05, 0.1) is 5.97 Å². The zero-order chi connectivity index (χ0) is 11.6. The molecule has 1 aromatic rings. The van der Waals surface area contributed by atoms with Crippen LogP contribution in [-0.4, -0.2) is 25.4 Å². The van der Waals surface area contributed by atoms with E-state index >= 15 is 0 Å². The predicted octanol–water partition coefficient (Wildman–Crippen LogP) is -1.55. The first-order valence-corrected chi connectivity index (χ1v) is 3.47. The number of nitro groups is 2. The molecule has 80 valence electrons. The molecular formula is C5H3N4O6-. The lowest BCUT2D eigenvalue weighted by molar-refractivity contribution is -0.428. The van der Waals surface area contributed by atoms with E-state index in [1.807, 2.05) is 0 Å². The Bertz CT molecular complexity index is 437. The Kier molecular flexibility index (Phi) is 2.60. The van der Waals surface area contributed by atoms with Crippen LogP contribution < -0.4 is 5.11 Å². The molecule has 0 atom stereocenters. The second kappa shape index (κ2) is 3.69. The number of carboxylic acids is 1. The van der Waals surface area contributed by atoms with Crippen molar-refractivity contribution in [2.45, 2.75) is 6.54 Å². The molecule has 15 heavy (non-hydrogen) atoms. The standard InChI is InChI=1S/C5H4N4O6/c10-3(11)1-7-2-6-4(8(12)13)5(7)9(14)15/h2H,1H2,(H,10,11)/p-1. The SMILES string of the molecule is O=C([O-])Cn1cnc([N+](=O)[O-])c1[N+](=O)[O-]. The van der Waals surface area contributed by atoms with E-state index in [9.17, 15) is 30.1 Å². The van der Waals surface area contributed by atoms with Gasteiger partial charge in [-0.3, -0.25) is 0 Å². The third-order valence-electron chi connectivity index (χ3n) is 1.44. The Balaban J connectivity index is 3.24. The Morgan fingerprint density at radius 2 is 2.00 bits per heavy atom. The summed E-state index contributed by atoms with van der Waals surface area (Å²) in [5.41, 5.74) is 0. The van der Waals surface area contributed by atoms with E-state index in [1.165, 1.54) is 0 Å². The first kappa shape index (κ1) is 10.6. The van der Waals surface area contributed by atoms with E-state index in [0.29, 0.717) is 10.9 Å². The quantitative estimate of drug-likeness (QED) is 0.436. The highest BCUT2D eigenvalue weighted by Crippen LogP contribution is 2.24. The molecule has 1 rings (SSSR count). The maximum Gasteiger partial charge on any atom is 0.462 e. The number of hydrogen-bond acceptors (Lipinski definition) is 7. The molecule has 0 aliphatic carbocycles. The molecule has 0 aliphatic heterocycles. The van der Waals surface area contributed by atoms with Crippen LogP contribution in [0.25, 0.3) is 0 Å². The highest BCUT2D eigenvalue weighted by molar-refractivity contribution is 5.65. The molecular weight excluding hydrogens is 212 g/mol. The second-order valence-electron chi connectivity index (χ2n) is 2.41. The van der Waals surface area contributed by atoms with Gasteiger partial charge in [-0.05, 0) is 9.85 Å². The summed E-state index contributed by atoms with van der Waals surface area (Å²) in [7, 11) is 0. The van der Waals surface area contributed by atoms with Crippen molar-refractivity contribution in [1.29, 1.82) is 0 Å². The summed E-state index contributed by atoms with van der Waals surface area (Å²) in [5.74, 6) is -3.59.